The Balaban J connectivity index is 1.14. The van der Waals surface area contributed by atoms with E-state index >= 15 is 0 Å². The van der Waals surface area contributed by atoms with Crippen LogP contribution in [0.5, 0.6) is 0 Å². The average molecular weight is 754 g/mol. The lowest BCUT2D eigenvalue weighted by molar-refractivity contribution is 0.333. The number of rotatable bonds is 6. The van der Waals surface area contributed by atoms with Gasteiger partial charge >= 0.3 is 0 Å². The molecular weight excluding hydrogens is 699 g/mol. The van der Waals surface area contributed by atoms with Gasteiger partial charge in [0, 0.05) is 22.4 Å². The Hall–Kier alpha value is -5.66. The van der Waals surface area contributed by atoms with Gasteiger partial charge in [-0.1, -0.05) is 157 Å². The highest BCUT2D eigenvalue weighted by molar-refractivity contribution is 5.95. The van der Waals surface area contributed by atoms with E-state index in [1.807, 2.05) is 0 Å². The van der Waals surface area contributed by atoms with E-state index in [4.69, 9.17) is 0 Å². The maximum absolute atomic E-state index is 2.51. The summed E-state index contributed by atoms with van der Waals surface area (Å²) in [6, 6.07) is 57.8. The van der Waals surface area contributed by atoms with E-state index in [0.717, 1.165) is 11.4 Å². The molecule has 0 aliphatic heterocycles. The zero-order chi connectivity index (χ0) is 39.8. The van der Waals surface area contributed by atoms with Crippen molar-refractivity contribution in [3.05, 3.63) is 185 Å². The minimum absolute atomic E-state index is 0.120. The van der Waals surface area contributed by atoms with Gasteiger partial charge in [0.1, 0.15) is 0 Å². The fourth-order valence-corrected chi connectivity index (χ4v) is 10.8. The number of aryl methyl sites for hydroxylation is 1. The summed E-state index contributed by atoms with van der Waals surface area (Å²) in [5, 5.41) is 0. The molecule has 0 unspecified atom stereocenters. The van der Waals surface area contributed by atoms with E-state index in [2.05, 4.69) is 198 Å². The lowest BCUT2D eigenvalue weighted by Gasteiger charge is -2.43. The van der Waals surface area contributed by atoms with Crippen molar-refractivity contribution in [2.75, 3.05) is 4.90 Å². The molecule has 0 aromatic heterocycles. The minimum Gasteiger partial charge on any atom is -0.310 e. The van der Waals surface area contributed by atoms with Crippen LogP contribution in [0.1, 0.15) is 101 Å². The molecule has 7 aromatic rings. The Kier molecular flexibility index (Phi) is 8.68. The molecule has 3 aliphatic carbocycles. The Morgan fingerprint density at radius 1 is 0.414 bits per heavy atom. The van der Waals surface area contributed by atoms with Crippen molar-refractivity contribution in [1.82, 2.24) is 0 Å². The third-order valence-corrected chi connectivity index (χ3v) is 14.1. The topological polar surface area (TPSA) is 3.24 Å². The lowest BCUT2D eigenvalue weighted by Crippen LogP contribution is -2.34. The van der Waals surface area contributed by atoms with Crippen LogP contribution in [0.2, 0.25) is 0 Å². The Morgan fingerprint density at radius 3 is 1.76 bits per heavy atom. The molecule has 0 heterocycles. The molecule has 10 rings (SSSR count). The summed E-state index contributed by atoms with van der Waals surface area (Å²) in [6.45, 7) is 14.5. The summed E-state index contributed by atoms with van der Waals surface area (Å²) >= 11 is 0. The SMILES string of the molecule is CC1(C)CCC(C)(C)c2c(-c3ccc(N(c4ccccc4)c4cc5c(cc4-c4ccc(-c6cccc7c6CCCC7)cc4)-c4ccccc4C5(C)C)cc3)cccc21. The summed E-state index contributed by atoms with van der Waals surface area (Å²) in [7, 11) is 0. The summed E-state index contributed by atoms with van der Waals surface area (Å²) in [6.07, 6.45) is 7.34. The molecule has 3 aliphatic rings. The van der Waals surface area contributed by atoms with E-state index in [1.165, 1.54) is 117 Å². The van der Waals surface area contributed by atoms with Gasteiger partial charge < -0.3 is 4.90 Å². The highest BCUT2D eigenvalue weighted by Gasteiger charge is 2.39. The van der Waals surface area contributed by atoms with Gasteiger partial charge in [0.15, 0.2) is 0 Å². The van der Waals surface area contributed by atoms with Crippen molar-refractivity contribution < 1.29 is 0 Å². The van der Waals surface area contributed by atoms with Crippen LogP contribution in [0, 0.1) is 0 Å². The highest BCUT2D eigenvalue weighted by atomic mass is 15.1. The predicted molar refractivity (Wildman–Crippen MR) is 247 cm³/mol. The molecule has 0 bridgehead atoms. The summed E-state index contributed by atoms with van der Waals surface area (Å²) in [5.41, 5.74) is 23.0. The normalized spacial score (nSPS) is 16.8. The third-order valence-electron chi connectivity index (χ3n) is 14.1. The van der Waals surface area contributed by atoms with Gasteiger partial charge in [0.05, 0.1) is 5.69 Å². The van der Waals surface area contributed by atoms with Crippen molar-refractivity contribution in [2.24, 2.45) is 0 Å². The monoisotopic (exact) mass is 753 g/mol. The van der Waals surface area contributed by atoms with Crippen LogP contribution >= 0.6 is 0 Å². The lowest BCUT2D eigenvalue weighted by atomic mass is 9.61. The number of anilines is 3. The molecular formula is C57H55N. The van der Waals surface area contributed by atoms with Crippen LogP contribution in [0.3, 0.4) is 0 Å². The van der Waals surface area contributed by atoms with Crippen molar-refractivity contribution in [2.45, 2.75) is 96.3 Å². The van der Waals surface area contributed by atoms with Crippen molar-refractivity contribution in [1.29, 1.82) is 0 Å². The second-order valence-corrected chi connectivity index (χ2v) is 19.0. The van der Waals surface area contributed by atoms with Crippen molar-refractivity contribution in [3.63, 3.8) is 0 Å². The maximum Gasteiger partial charge on any atom is 0.0543 e. The quantitative estimate of drug-likeness (QED) is 0.163. The van der Waals surface area contributed by atoms with Gasteiger partial charge in [0.25, 0.3) is 0 Å². The second kappa shape index (κ2) is 13.7. The van der Waals surface area contributed by atoms with E-state index in [0.29, 0.717) is 0 Å². The predicted octanol–water partition coefficient (Wildman–Crippen LogP) is 15.7. The molecule has 0 fully saturated rings. The molecule has 1 nitrogen and oxygen atoms in total. The Bertz CT molecular complexity index is 2670. The second-order valence-electron chi connectivity index (χ2n) is 19.0. The highest BCUT2D eigenvalue weighted by Crippen LogP contribution is 2.54. The summed E-state index contributed by atoms with van der Waals surface area (Å²) in [5.74, 6) is 0. The first-order valence-corrected chi connectivity index (χ1v) is 21.6. The number of para-hydroxylation sites is 1. The Labute approximate surface area is 346 Å². The van der Waals surface area contributed by atoms with Crippen LogP contribution < -0.4 is 4.90 Å². The first-order valence-electron chi connectivity index (χ1n) is 21.6. The fourth-order valence-electron chi connectivity index (χ4n) is 10.8. The third kappa shape index (κ3) is 5.96. The van der Waals surface area contributed by atoms with E-state index in [1.54, 1.807) is 5.56 Å². The van der Waals surface area contributed by atoms with Gasteiger partial charge in [-0.25, -0.2) is 0 Å². The first kappa shape index (κ1) is 36.7. The molecule has 58 heavy (non-hydrogen) atoms. The first-order chi connectivity index (χ1) is 28.0. The van der Waals surface area contributed by atoms with Crippen LogP contribution in [0.25, 0.3) is 44.5 Å². The van der Waals surface area contributed by atoms with Gasteiger partial charge in [-0.15, -0.1) is 0 Å². The van der Waals surface area contributed by atoms with Crippen LogP contribution in [0.15, 0.2) is 152 Å². The fraction of sp³-hybridized carbons (Fsp3) is 0.263. The molecule has 0 N–H and O–H groups in total. The van der Waals surface area contributed by atoms with Crippen LogP contribution in [0.4, 0.5) is 17.1 Å². The van der Waals surface area contributed by atoms with Gasteiger partial charge in [-0.05, 0) is 158 Å². The molecule has 0 radical (unpaired) electrons. The van der Waals surface area contributed by atoms with E-state index in [-0.39, 0.29) is 16.2 Å². The molecule has 288 valence electrons. The standard InChI is InChI=1S/C57H55N/c1-55(2)34-35-56(3,4)54-46(23-15-25-51(54)55)40-30-32-43(33-31-40)58(42-18-8-7-9-19-42)53-37-52-49(47-21-12-13-24-50(47)57(52,5)6)36-48(53)41-28-26-39(27-29-41)45-22-14-17-38-16-10-11-20-44(38)45/h7-9,12-15,17-19,21-33,36-37H,10-11,16,20,34-35H2,1-6H3. The van der Waals surface area contributed by atoms with E-state index < -0.39 is 0 Å². The summed E-state index contributed by atoms with van der Waals surface area (Å²) < 4.78 is 0. The Morgan fingerprint density at radius 2 is 0.983 bits per heavy atom. The number of hydrogen-bond acceptors (Lipinski definition) is 1. The largest absolute Gasteiger partial charge is 0.310 e. The van der Waals surface area contributed by atoms with Gasteiger partial charge in [0.2, 0.25) is 0 Å². The zero-order valence-corrected chi connectivity index (χ0v) is 35.1. The smallest absolute Gasteiger partial charge is 0.0543 e. The molecule has 0 saturated carbocycles. The average Bonchev–Trinajstić information content (AvgIpc) is 3.47. The van der Waals surface area contributed by atoms with Crippen LogP contribution in [-0.2, 0) is 29.1 Å². The van der Waals surface area contributed by atoms with E-state index in [9.17, 15) is 0 Å². The zero-order valence-electron chi connectivity index (χ0n) is 35.1. The van der Waals surface area contributed by atoms with Crippen molar-refractivity contribution in [3.8, 4) is 44.5 Å². The van der Waals surface area contributed by atoms with Crippen molar-refractivity contribution >= 4 is 17.1 Å². The number of benzene rings is 7. The molecule has 0 atom stereocenters. The maximum atomic E-state index is 2.51. The molecule has 0 saturated heterocycles. The summed E-state index contributed by atoms with van der Waals surface area (Å²) in [4.78, 5) is 2.49. The van der Waals surface area contributed by atoms with Crippen LogP contribution in [-0.4, -0.2) is 0 Å². The molecule has 1 heteroatoms. The molecule has 0 spiro atoms. The number of hydrogen-bond donors (Lipinski definition) is 0. The van der Waals surface area contributed by atoms with Gasteiger partial charge in [-0.3, -0.25) is 0 Å². The molecule has 0 amide bonds. The number of nitrogens with zero attached hydrogens (tertiary/aromatic N) is 1. The number of fused-ring (bicyclic) bond motifs is 5. The minimum atomic E-state index is -0.130. The van der Waals surface area contributed by atoms with Gasteiger partial charge in [-0.2, -0.15) is 0 Å². The molecule has 7 aromatic carbocycles.